The number of ether oxygens (including phenoxy) is 1. The summed E-state index contributed by atoms with van der Waals surface area (Å²) in [6, 6.07) is 10.3. The van der Waals surface area contributed by atoms with E-state index in [2.05, 4.69) is 17.4 Å². The fourth-order valence-corrected chi connectivity index (χ4v) is 2.97. The number of nitrogens with one attached hydrogen (secondary N) is 1. The van der Waals surface area contributed by atoms with Crippen LogP contribution in [0.4, 0.5) is 0 Å². The van der Waals surface area contributed by atoms with Crippen LogP contribution in [0.2, 0.25) is 0 Å². The van der Waals surface area contributed by atoms with Gasteiger partial charge >= 0.3 is 5.97 Å². The van der Waals surface area contributed by atoms with E-state index in [0.717, 1.165) is 12.3 Å². The predicted molar refractivity (Wildman–Crippen MR) is 81.3 cm³/mol. The summed E-state index contributed by atoms with van der Waals surface area (Å²) in [6.45, 7) is 6.91. The zero-order valence-electron chi connectivity index (χ0n) is 11.9. The van der Waals surface area contributed by atoms with Crippen LogP contribution < -0.4 is 5.32 Å². The molecule has 1 N–H and O–H groups in total. The molecule has 4 heteroatoms. The first-order chi connectivity index (χ1) is 9.12. The summed E-state index contributed by atoms with van der Waals surface area (Å²) in [5.41, 5.74) is 0.666. The molecule has 0 aromatic heterocycles. The Hall–Kier alpha value is -1.00. The van der Waals surface area contributed by atoms with Gasteiger partial charge in [0.1, 0.15) is 5.54 Å². The van der Waals surface area contributed by atoms with Crippen LogP contribution in [0.1, 0.15) is 26.3 Å². The van der Waals surface area contributed by atoms with Crippen molar-refractivity contribution < 1.29 is 9.53 Å². The highest BCUT2D eigenvalue weighted by molar-refractivity contribution is 7.98. The second-order valence-electron chi connectivity index (χ2n) is 4.56. The normalized spacial score (nSPS) is 13.8. The Balaban J connectivity index is 2.51. The Labute approximate surface area is 120 Å². The molecule has 0 radical (unpaired) electrons. The van der Waals surface area contributed by atoms with Gasteiger partial charge in [0.25, 0.3) is 0 Å². The molecule has 1 atom stereocenters. The minimum atomic E-state index is -0.607. The minimum absolute atomic E-state index is 0.169. The molecule has 0 bridgehead atoms. The van der Waals surface area contributed by atoms with Crippen LogP contribution in [0.25, 0.3) is 0 Å². The molecule has 1 aromatic carbocycles. The molecule has 1 rings (SSSR count). The first kappa shape index (κ1) is 16.1. The minimum Gasteiger partial charge on any atom is -0.465 e. The van der Waals surface area contributed by atoms with Crippen molar-refractivity contribution in [1.82, 2.24) is 5.32 Å². The molecular formula is C15H23NO2S. The third kappa shape index (κ3) is 5.25. The summed E-state index contributed by atoms with van der Waals surface area (Å²) in [7, 11) is 0. The molecule has 1 aromatic rings. The van der Waals surface area contributed by atoms with Gasteiger partial charge in [0.2, 0.25) is 0 Å². The largest absolute Gasteiger partial charge is 0.465 e. The molecule has 106 valence electrons. The van der Waals surface area contributed by atoms with Crippen LogP contribution in [0.5, 0.6) is 0 Å². The van der Waals surface area contributed by atoms with Crippen molar-refractivity contribution in [3.05, 3.63) is 35.9 Å². The highest BCUT2D eigenvalue weighted by atomic mass is 32.2. The Morgan fingerprint density at radius 1 is 1.32 bits per heavy atom. The van der Waals surface area contributed by atoms with Gasteiger partial charge in [-0.25, -0.2) is 0 Å². The van der Waals surface area contributed by atoms with Gasteiger partial charge in [-0.05, 0) is 26.0 Å². The molecule has 0 spiro atoms. The maximum absolute atomic E-state index is 12.0. The molecule has 0 fully saturated rings. The van der Waals surface area contributed by atoms with Gasteiger partial charge in [-0.2, -0.15) is 11.8 Å². The van der Waals surface area contributed by atoms with Gasteiger partial charge < -0.3 is 10.1 Å². The number of thioether (sulfide) groups is 1. The van der Waals surface area contributed by atoms with E-state index in [0.29, 0.717) is 12.4 Å². The van der Waals surface area contributed by atoms with Crippen LogP contribution in [-0.4, -0.2) is 30.4 Å². The lowest BCUT2D eigenvalue weighted by molar-refractivity contribution is -0.149. The van der Waals surface area contributed by atoms with E-state index in [-0.39, 0.29) is 5.97 Å². The number of carbonyl (C=O) groups is 1. The van der Waals surface area contributed by atoms with E-state index >= 15 is 0 Å². The van der Waals surface area contributed by atoms with E-state index in [1.54, 1.807) is 11.8 Å². The van der Waals surface area contributed by atoms with Gasteiger partial charge in [0, 0.05) is 11.5 Å². The van der Waals surface area contributed by atoms with Crippen molar-refractivity contribution in [2.45, 2.75) is 32.1 Å². The van der Waals surface area contributed by atoms with Gasteiger partial charge in [0.15, 0.2) is 0 Å². The topological polar surface area (TPSA) is 38.3 Å². The van der Waals surface area contributed by atoms with E-state index in [4.69, 9.17) is 4.74 Å². The third-order valence-corrected chi connectivity index (χ3v) is 4.11. The molecular weight excluding hydrogens is 258 g/mol. The number of hydrogen-bond acceptors (Lipinski definition) is 4. The number of carbonyl (C=O) groups excluding carboxylic acids is 1. The molecule has 0 aliphatic heterocycles. The first-order valence-electron chi connectivity index (χ1n) is 6.66. The summed E-state index contributed by atoms with van der Waals surface area (Å²) in [4.78, 5) is 12.0. The van der Waals surface area contributed by atoms with Gasteiger partial charge in [-0.1, -0.05) is 37.3 Å². The average Bonchev–Trinajstić information content (AvgIpc) is 2.40. The molecule has 0 heterocycles. The summed E-state index contributed by atoms with van der Waals surface area (Å²) in [5.74, 6) is 1.44. The number of benzene rings is 1. The van der Waals surface area contributed by atoms with Gasteiger partial charge in [0.05, 0.1) is 6.61 Å². The highest BCUT2D eigenvalue weighted by Crippen LogP contribution is 2.19. The van der Waals surface area contributed by atoms with Crippen LogP contribution in [-0.2, 0) is 15.3 Å². The summed E-state index contributed by atoms with van der Waals surface area (Å²) in [5, 5.41) is 3.23. The van der Waals surface area contributed by atoms with E-state index < -0.39 is 5.54 Å². The SMILES string of the molecule is CCNC(C)(CSCc1ccccc1)C(=O)OCC. The Kier molecular flexibility index (Phi) is 6.95. The maximum atomic E-state index is 12.0. The van der Waals surface area contributed by atoms with Crippen molar-refractivity contribution in [3.63, 3.8) is 0 Å². The fraction of sp³-hybridized carbons (Fsp3) is 0.533. The molecule has 0 amide bonds. The number of likely N-dealkylation sites (N-methyl/N-ethyl adjacent to an activating group) is 1. The highest BCUT2D eigenvalue weighted by Gasteiger charge is 2.33. The van der Waals surface area contributed by atoms with Crippen LogP contribution in [0, 0.1) is 0 Å². The Morgan fingerprint density at radius 2 is 2.00 bits per heavy atom. The summed E-state index contributed by atoms with van der Waals surface area (Å²) in [6.07, 6.45) is 0. The fourth-order valence-electron chi connectivity index (χ4n) is 1.81. The van der Waals surface area contributed by atoms with Crippen molar-refractivity contribution in [1.29, 1.82) is 0 Å². The Bertz CT molecular complexity index is 383. The molecule has 1 unspecified atom stereocenters. The Morgan fingerprint density at radius 3 is 2.58 bits per heavy atom. The molecule has 0 saturated heterocycles. The summed E-state index contributed by atoms with van der Waals surface area (Å²) < 4.78 is 5.15. The van der Waals surface area contributed by atoms with Gasteiger partial charge in [-0.15, -0.1) is 0 Å². The zero-order valence-corrected chi connectivity index (χ0v) is 12.8. The summed E-state index contributed by atoms with van der Waals surface area (Å²) >= 11 is 1.74. The lowest BCUT2D eigenvalue weighted by atomic mass is 10.1. The van der Waals surface area contributed by atoms with E-state index in [9.17, 15) is 4.79 Å². The first-order valence-corrected chi connectivity index (χ1v) is 7.81. The smallest absolute Gasteiger partial charge is 0.326 e. The second kappa shape index (κ2) is 8.23. The quantitative estimate of drug-likeness (QED) is 0.744. The third-order valence-electron chi connectivity index (χ3n) is 2.80. The standard InChI is InChI=1S/C15H23NO2S/c1-4-16-15(3,14(17)18-5-2)12-19-11-13-9-7-6-8-10-13/h6-10,16H,4-5,11-12H2,1-3H3. The molecule has 0 aliphatic rings. The molecule has 0 aliphatic carbocycles. The zero-order chi connectivity index (χ0) is 14.1. The van der Waals surface area contributed by atoms with Crippen molar-refractivity contribution in [2.24, 2.45) is 0 Å². The van der Waals surface area contributed by atoms with E-state index in [1.165, 1.54) is 5.56 Å². The lowest BCUT2D eigenvalue weighted by Gasteiger charge is -2.27. The number of esters is 1. The van der Waals surface area contributed by atoms with Crippen LogP contribution >= 0.6 is 11.8 Å². The van der Waals surface area contributed by atoms with Gasteiger partial charge in [-0.3, -0.25) is 4.79 Å². The molecule has 3 nitrogen and oxygen atoms in total. The molecule has 19 heavy (non-hydrogen) atoms. The monoisotopic (exact) mass is 281 g/mol. The average molecular weight is 281 g/mol. The predicted octanol–water partition coefficient (Wildman–Crippen LogP) is 2.85. The van der Waals surface area contributed by atoms with Crippen molar-refractivity contribution in [2.75, 3.05) is 18.9 Å². The van der Waals surface area contributed by atoms with Crippen molar-refractivity contribution >= 4 is 17.7 Å². The second-order valence-corrected chi connectivity index (χ2v) is 5.55. The lowest BCUT2D eigenvalue weighted by Crippen LogP contribution is -2.52. The maximum Gasteiger partial charge on any atom is 0.326 e. The van der Waals surface area contributed by atoms with Crippen LogP contribution in [0.15, 0.2) is 30.3 Å². The van der Waals surface area contributed by atoms with E-state index in [1.807, 2.05) is 39.0 Å². The molecule has 0 saturated carbocycles. The van der Waals surface area contributed by atoms with Crippen LogP contribution in [0.3, 0.4) is 0 Å². The number of hydrogen-bond donors (Lipinski definition) is 1. The number of rotatable bonds is 8. The van der Waals surface area contributed by atoms with Crippen molar-refractivity contribution in [3.8, 4) is 0 Å².